The Kier molecular flexibility index (Phi) is 3.95. The fraction of sp³-hybridized carbons (Fsp3) is 0.0769. The van der Waals surface area contributed by atoms with Gasteiger partial charge in [-0.1, -0.05) is 17.3 Å². The number of carbonyl (C=O) groups excluding carboxylic acids is 1. The molecule has 0 radical (unpaired) electrons. The molecule has 7 heteroatoms. The van der Waals surface area contributed by atoms with Crippen molar-refractivity contribution >= 4 is 29.0 Å². The van der Waals surface area contributed by atoms with Gasteiger partial charge in [0.2, 0.25) is 5.22 Å². The number of amidine groups is 1. The molecule has 0 aliphatic carbocycles. The molecule has 0 fully saturated rings. The standard InChI is InChI=1S/C13H12ClN3O3/c1-7-3-2-4-9(10(7)12(15)17-19)16-13(18)8-5-6-20-11(8)14/h2-6,19H,1H3,(H2,15,17)(H,16,18). The molecule has 0 saturated carbocycles. The number of furan rings is 1. The van der Waals surface area contributed by atoms with Crippen LogP contribution in [0, 0.1) is 6.92 Å². The Morgan fingerprint density at radius 3 is 2.80 bits per heavy atom. The molecule has 0 spiro atoms. The Hall–Kier alpha value is -2.47. The van der Waals surface area contributed by atoms with Crippen LogP contribution in [0.2, 0.25) is 5.22 Å². The number of carbonyl (C=O) groups is 1. The first-order valence-corrected chi connectivity index (χ1v) is 6.04. The van der Waals surface area contributed by atoms with E-state index >= 15 is 0 Å². The summed E-state index contributed by atoms with van der Waals surface area (Å²) in [5.74, 6) is -0.530. The first kappa shape index (κ1) is 14.0. The molecule has 0 aliphatic heterocycles. The third-order valence-electron chi connectivity index (χ3n) is 2.75. The third-order valence-corrected chi connectivity index (χ3v) is 3.04. The third kappa shape index (κ3) is 2.60. The number of halogens is 1. The molecular weight excluding hydrogens is 282 g/mol. The molecule has 0 atom stereocenters. The summed E-state index contributed by atoms with van der Waals surface area (Å²) in [5, 5.41) is 14.4. The van der Waals surface area contributed by atoms with Crippen molar-refractivity contribution in [1.82, 2.24) is 0 Å². The lowest BCUT2D eigenvalue weighted by Gasteiger charge is -2.12. The molecule has 2 rings (SSSR count). The van der Waals surface area contributed by atoms with Gasteiger partial charge in [-0.05, 0) is 36.2 Å². The lowest BCUT2D eigenvalue weighted by atomic mass is 10.1. The Balaban J connectivity index is 2.38. The predicted octanol–water partition coefficient (Wildman–Crippen LogP) is 2.59. The van der Waals surface area contributed by atoms with Crippen LogP contribution >= 0.6 is 11.6 Å². The van der Waals surface area contributed by atoms with Crippen LogP contribution in [0.5, 0.6) is 0 Å². The smallest absolute Gasteiger partial charge is 0.260 e. The second-order valence-corrected chi connectivity index (χ2v) is 4.39. The first-order valence-electron chi connectivity index (χ1n) is 5.66. The van der Waals surface area contributed by atoms with Gasteiger partial charge in [-0.2, -0.15) is 0 Å². The van der Waals surface area contributed by atoms with Crippen molar-refractivity contribution in [3.05, 3.63) is 52.4 Å². The summed E-state index contributed by atoms with van der Waals surface area (Å²) in [6, 6.07) is 6.63. The van der Waals surface area contributed by atoms with E-state index < -0.39 is 5.91 Å². The molecule has 6 nitrogen and oxygen atoms in total. The first-order chi connectivity index (χ1) is 9.54. The van der Waals surface area contributed by atoms with Crippen molar-refractivity contribution in [2.24, 2.45) is 10.9 Å². The molecule has 0 aliphatic rings. The Morgan fingerprint density at radius 1 is 1.45 bits per heavy atom. The van der Waals surface area contributed by atoms with Crippen molar-refractivity contribution in [3.8, 4) is 0 Å². The van der Waals surface area contributed by atoms with Gasteiger partial charge in [-0.25, -0.2) is 0 Å². The van der Waals surface area contributed by atoms with Crippen molar-refractivity contribution < 1.29 is 14.4 Å². The maximum absolute atomic E-state index is 12.1. The number of anilines is 1. The maximum atomic E-state index is 12.1. The second-order valence-electron chi connectivity index (χ2n) is 4.04. The molecule has 1 heterocycles. The van der Waals surface area contributed by atoms with Crippen molar-refractivity contribution in [3.63, 3.8) is 0 Å². The molecule has 4 N–H and O–H groups in total. The Bertz CT molecular complexity index is 679. The molecule has 0 unspecified atom stereocenters. The van der Waals surface area contributed by atoms with Crippen LogP contribution in [0.1, 0.15) is 21.5 Å². The SMILES string of the molecule is Cc1cccc(NC(=O)c2ccoc2Cl)c1/C(N)=N/O. The van der Waals surface area contributed by atoms with Crippen LogP contribution in [-0.2, 0) is 0 Å². The zero-order chi connectivity index (χ0) is 14.7. The summed E-state index contributed by atoms with van der Waals surface area (Å²) in [6.07, 6.45) is 1.32. The van der Waals surface area contributed by atoms with E-state index in [0.717, 1.165) is 5.56 Å². The lowest BCUT2D eigenvalue weighted by molar-refractivity contribution is 0.102. The van der Waals surface area contributed by atoms with E-state index in [1.54, 1.807) is 25.1 Å². The molecule has 104 valence electrons. The van der Waals surface area contributed by atoms with E-state index in [1.165, 1.54) is 12.3 Å². The van der Waals surface area contributed by atoms with Gasteiger partial charge in [0.1, 0.15) is 0 Å². The molecule has 20 heavy (non-hydrogen) atoms. The maximum Gasteiger partial charge on any atom is 0.260 e. The van der Waals surface area contributed by atoms with Crippen LogP contribution < -0.4 is 11.1 Å². The summed E-state index contributed by atoms with van der Waals surface area (Å²) in [7, 11) is 0. The number of hydrogen-bond donors (Lipinski definition) is 3. The van der Waals surface area contributed by atoms with Gasteiger partial charge in [-0.15, -0.1) is 0 Å². The molecule has 0 saturated heterocycles. The van der Waals surface area contributed by atoms with Crippen LogP contribution in [0.25, 0.3) is 0 Å². The van der Waals surface area contributed by atoms with E-state index in [9.17, 15) is 4.79 Å². The van der Waals surface area contributed by atoms with Gasteiger partial charge in [0, 0.05) is 5.56 Å². The summed E-state index contributed by atoms with van der Waals surface area (Å²) >= 11 is 5.75. The van der Waals surface area contributed by atoms with Gasteiger partial charge in [0.25, 0.3) is 5.91 Å². The number of rotatable bonds is 3. The van der Waals surface area contributed by atoms with E-state index in [-0.39, 0.29) is 16.6 Å². The zero-order valence-corrected chi connectivity index (χ0v) is 11.3. The van der Waals surface area contributed by atoms with Crippen molar-refractivity contribution in [2.45, 2.75) is 6.92 Å². The normalized spacial score (nSPS) is 11.4. The number of oxime groups is 1. The second kappa shape index (κ2) is 5.66. The van der Waals surface area contributed by atoms with Gasteiger partial charge in [0.05, 0.1) is 17.5 Å². The van der Waals surface area contributed by atoms with E-state index in [1.807, 2.05) is 0 Å². The number of aryl methyl sites for hydroxylation is 1. The molecule has 1 aromatic heterocycles. The highest BCUT2D eigenvalue weighted by Crippen LogP contribution is 2.22. The lowest BCUT2D eigenvalue weighted by Crippen LogP contribution is -2.20. The van der Waals surface area contributed by atoms with Gasteiger partial charge >= 0.3 is 0 Å². The monoisotopic (exact) mass is 293 g/mol. The highest BCUT2D eigenvalue weighted by molar-refractivity contribution is 6.32. The van der Waals surface area contributed by atoms with Gasteiger partial charge < -0.3 is 20.7 Å². The minimum Gasteiger partial charge on any atom is -0.452 e. The summed E-state index contributed by atoms with van der Waals surface area (Å²) in [6.45, 7) is 1.79. The minimum atomic E-state index is -0.443. The average Bonchev–Trinajstić information content (AvgIpc) is 2.84. The number of amides is 1. The van der Waals surface area contributed by atoms with Gasteiger partial charge in [0.15, 0.2) is 5.84 Å². The number of nitrogens with two attached hydrogens (primary N) is 1. The fourth-order valence-electron chi connectivity index (χ4n) is 1.81. The Morgan fingerprint density at radius 2 is 2.20 bits per heavy atom. The van der Waals surface area contributed by atoms with Crippen molar-refractivity contribution in [2.75, 3.05) is 5.32 Å². The number of nitrogens with zero attached hydrogens (tertiary/aromatic N) is 1. The van der Waals surface area contributed by atoms with Crippen LogP contribution in [0.15, 0.2) is 40.1 Å². The van der Waals surface area contributed by atoms with Crippen LogP contribution in [-0.4, -0.2) is 17.0 Å². The summed E-state index contributed by atoms with van der Waals surface area (Å²) < 4.78 is 4.86. The van der Waals surface area contributed by atoms with Crippen LogP contribution in [0.3, 0.4) is 0 Å². The van der Waals surface area contributed by atoms with Crippen LogP contribution in [0.4, 0.5) is 5.69 Å². The predicted molar refractivity (Wildman–Crippen MR) is 75.4 cm³/mol. The average molecular weight is 294 g/mol. The number of hydrogen-bond acceptors (Lipinski definition) is 4. The topological polar surface area (TPSA) is 101 Å². The van der Waals surface area contributed by atoms with E-state index in [2.05, 4.69) is 10.5 Å². The summed E-state index contributed by atoms with van der Waals surface area (Å²) in [4.78, 5) is 12.1. The van der Waals surface area contributed by atoms with Crippen molar-refractivity contribution in [1.29, 1.82) is 0 Å². The summed E-state index contributed by atoms with van der Waals surface area (Å²) in [5.41, 5.74) is 7.46. The fourth-order valence-corrected chi connectivity index (χ4v) is 2.01. The minimum absolute atomic E-state index is 0.000463. The number of nitrogens with one attached hydrogen (secondary N) is 1. The highest BCUT2D eigenvalue weighted by atomic mass is 35.5. The van der Waals surface area contributed by atoms with E-state index in [4.69, 9.17) is 27.0 Å². The highest BCUT2D eigenvalue weighted by Gasteiger charge is 2.17. The molecule has 1 amide bonds. The quantitative estimate of drug-likeness (QED) is 0.350. The van der Waals surface area contributed by atoms with Gasteiger partial charge in [-0.3, -0.25) is 4.79 Å². The largest absolute Gasteiger partial charge is 0.452 e. The van der Waals surface area contributed by atoms with E-state index in [0.29, 0.717) is 11.3 Å². The molecule has 1 aromatic carbocycles. The molecule has 2 aromatic rings. The number of benzene rings is 1. The zero-order valence-electron chi connectivity index (χ0n) is 10.6. The molecule has 0 bridgehead atoms. The Labute approximate surface area is 119 Å². The molecular formula is C13H12ClN3O3.